The van der Waals surface area contributed by atoms with E-state index in [-0.39, 0.29) is 41.7 Å². The van der Waals surface area contributed by atoms with Crippen molar-refractivity contribution in [3.8, 4) is 5.75 Å². The second kappa shape index (κ2) is 10.2. The number of aromatic hydroxyl groups is 1. The number of allylic oxidation sites excluding steroid dienone is 1. The number of hydrogen-bond acceptors (Lipinski definition) is 11. The molecule has 2 amide bonds. The van der Waals surface area contributed by atoms with Gasteiger partial charge in [0.15, 0.2) is 17.1 Å². The van der Waals surface area contributed by atoms with Gasteiger partial charge < -0.3 is 36.8 Å². The van der Waals surface area contributed by atoms with Gasteiger partial charge in [0.1, 0.15) is 22.8 Å². The Morgan fingerprint density at radius 3 is 2.17 bits per heavy atom. The summed E-state index contributed by atoms with van der Waals surface area (Å²) >= 11 is 0. The molecule has 13 nitrogen and oxygen atoms in total. The fourth-order valence-corrected chi connectivity index (χ4v) is 6.76. The van der Waals surface area contributed by atoms with Crippen LogP contribution in [-0.2, 0) is 20.8 Å². The summed E-state index contributed by atoms with van der Waals surface area (Å²) in [6.45, 7) is 5.60. The molecule has 0 fully saturated rings. The number of carbonyl (C=O) groups excluding carboxylic acids is 4. The molecule has 0 saturated heterocycles. The van der Waals surface area contributed by atoms with Gasteiger partial charge in [-0.15, -0.1) is 0 Å². The number of amides is 2. The predicted molar refractivity (Wildman–Crippen MR) is 153 cm³/mol. The summed E-state index contributed by atoms with van der Waals surface area (Å²) in [6.07, 6.45) is 0.0791. The van der Waals surface area contributed by atoms with Crippen molar-refractivity contribution in [2.24, 2.45) is 17.6 Å². The van der Waals surface area contributed by atoms with Gasteiger partial charge in [-0.05, 0) is 79.4 Å². The Morgan fingerprint density at radius 2 is 1.64 bits per heavy atom. The van der Waals surface area contributed by atoms with Crippen molar-refractivity contribution in [3.63, 3.8) is 0 Å². The summed E-state index contributed by atoms with van der Waals surface area (Å²) < 4.78 is 0. The zero-order chi connectivity index (χ0) is 31.7. The lowest BCUT2D eigenvalue weighted by Crippen LogP contribution is -2.74. The van der Waals surface area contributed by atoms with Crippen LogP contribution in [0.15, 0.2) is 34.8 Å². The van der Waals surface area contributed by atoms with Gasteiger partial charge >= 0.3 is 0 Å². The SMILES string of the molecule is CN(C)C1(N(C)C)C(O)=C(C(N)=O)C(=O)C2(O)C(O)=C3C(=O)c4c(ccc(NC(=O)CNC(C)(C)C)c4O)CC3CC21. The lowest BCUT2D eigenvalue weighted by atomic mass is 9.56. The van der Waals surface area contributed by atoms with Crippen LogP contribution in [0.1, 0.15) is 43.1 Å². The number of likely N-dealkylation sites (N-methyl/N-ethyl adjacent to an activating group) is 2. The molecule has 4 rings (SSSR count). The smallest absolute Gasteiger partial charge is 0.256 e. The lowest BCUT2D eigenvalue weighted by molar-refractivity contribution is -0.173. The van der Waals surface area contributed by atoms with Crippen molar-refractivity contribution in [1.29, 1.82) is 0 Å². The van der Waals surface area contributed by atoms with Crippen LogP contribution in [0.3, 0.4) is 0 Å². The maximum absolute atomic E-state index is 13.9. The molecule has 0 spiro atoms. The number of nitrogens with one attached hydrogen (secondary N) is 2. The number of carbonyl (C=O) groups is 4. The molecule has 1 aromatic rings. The average Bonchev–Trinajstić information content (AvgIpc) is 2.86. The molecule has 0 radical (unpaired) electrons. The first-order chi connectivity index (χ1) is 19.3. The van der Waals surface area contributed by atoms with E-state index in [1.54, 1.807) is 34.3 Å². The summed E-state index contributed by atoms with van der Waals surface area (Å²) in [5, 5.41) is 51.7. The highest BCUT2D eigenvalue weighted by molar-refractivity contribution is 6.25. The van der Waals surface area contributed by atoms with E-state index in [0.29, 0.717) is 5.56 Å². The fraction of sp³-hybridized carbons (Fsp3) is 0.517. The van der Waals surface area contributed by atoms with Crippen LogP contribution in [0.5, 0.6) is 5.75 Å². The fourth-order valence-electron chi connectivity index (χ4n) is 6.76. The molecule has 228 valence electrons. The number of aliphatic hydroxyl groups is 3. The molecule has 0 aromatic heterocycles. The van der Waals surface area contributed by atoms with E-state index in [1.165, 1.54) is 15.9 Å². The third kappa shape index (κ3) is 4.39. The molecule has 13 heteroatoms. The minimum Gasteiger partial charge on any atom is -0.508 e. The van der Waals surface area contributed by atoms with Crippen molar-refractivity contribution in [2.45, 2.75) is 50.4 Å². The Morgan fingerprint density at radius 1 is 1.05 bits per heavy atom. The molecular formula is C29H39N5O8. The Labute approximate surface area is 243 Å². The van der Waals surface area contributed by atoms with Crippen LogP contribution < -0.4 is 16.4 Å². The van der Waals surface area contributed by atoms with E-state index >= 15 is 0 Å². The first-order valence-electron chi connectivity index (χ1n) is 13.5. The molecule has 0 heterocycles. The summed E-state index contributed by atoms with van der Waals surface area (Å²) in [6, 6.07) is 3.07. The molecule has 0 aliphatic heterocycles. The van der Waals surface area contributed by atoms with E-state index in [0.717, 1.165) is 0 Å². The zero-order valence-corrected chi connectivity index (χ0v) is 24.8. The van der Waals surface area contributed by atoms with Crippen LogP contribution in [0.25, 0.3) is 0 Å². The molecule has 3 unspecified atom stereocenters. The highest BCUT2D eigenvalue weighted by Gasteiger charge is 2.69. The number of benzene rings is 1. The van der Waals surface area contributed by atoms with Gasteiger partial charge in [-0.2, -0.15) is 0 Å². The van der Waals surface area contributed by atoms with E-state index in [9.17, 15) is 39.6 Å². The first-order valence-corrected chi connectivity index (χ1v) is 13.5. The van der Waals surface area contributed by atoms with Crippen molar-refractivity contribution >= 4 is 29.1 Å². The van der Waals surface area contributed by atoms with Gasteiger partial charge in [-0.25, -0.2) is 0 Å². The van der Waals surface area contributed by atoms with E-state index in [1.807, 2.05) is 20.8 Å². The van der Waals surface area contributed by atoms with Gasteiger partial charge in [0.25, 0.3) is 5.91 Å². The number of phenols is 1. The zero-order valence-electron chi connectivity index (χ0n) is 24.8. The molecule has 3 aliphatic carbocycles. The maximum atomic E-state index is 13.9. The number of aliphatic hydroxyl groups excluding tert-OH is 2. The Kier molecular flexibility index (Phi) is 7.56. The highest BCUT2D eigenvalue weighted by Crippen LogP contribution is 2.56. The number of nitrogens with two attached hydrogens (primary N) is 1. The number of hydrogen-bond donors (Lipinski definition) is 7. The number of nitrogens with zero attached hydrogens (tertiary/aromatic N) is 2. The van der Waals surface area contributed by atoms with Crippen molar-refractivity contribution < 1.29 is 39.6 Å². The molecule has 1 aromatic carbocycles. The monoisotopic (exact) mass is 585 g/mol. The maximum Gasteiger partial charge on any atom is 0.256 e. The van der Waals surface area contributed by atoms with Crippen LogP contribution in [0, 0.1) is 11.8 Å². The van der Waals surface area contributed by atoms with E-state index in [2.05, 4.69) is 10.6 Å². The van der Waals surface area contributed by atoms with Gasteiger partial charge in [-0.1, -0.05) is 6.07 Å². The Hall–Kier alpha value is -3.78. The largest absolute Gasteiger partial charge is 0.508 e. The van der Waals surface area contributed by atoms with Crippen LogP contribution in [0.2, 0.25) is 0 Å². The quantitative estimate of drug-likeness (QED) is 0.138. The number of anilines is 1. The first kappa shape index (κ1) is 31.2. The predicted octanol–water partition coefficient (Wildman–Crippen LogP) is 0.337. The molecule has 0 bridgehead atoms. The van der Waals surface area contributed by atoms with Gasteiger partial charge in [0, 0.05) is 17.0 Å². The Bertz CT molecular complexity index is 1450. The Balaban J connectivity index is 1.86. The molecule has 42 heavy (non-hydrogen) atoms. The third-order valence-corrected chi connectivity index (χ3v) is 8.56. The normalized spacial score (nSPS) is 25.4. The van der Waals surface area contributed by atoms with E-state index in [4.69, 9.17) is 5.73 Å². The number of Topliss-reactive ketones (excluding diaryl/α,β-unsaturated/α-hetero) is 2. The van der Waals surface area contributed by atoms with Gasteiger partial charge in [-0.3, -0.25) is 29.0 Å². The molecule has 3 aliphatic rings. The van der Waals surface area contributed by atoms with Gasteiger partial charge in [0.2, 0.25) is 11.7 Å². The van der Waals surface area contributed by atoms with Crippen molar-refractivity contribution in [1.82, 2.24) is 15.1 Å². The summed E-state index contributed by atoms with van der Waals surface area (Å²) in [7, 11) is 6.31. The number of rotatable bonds is 6. The molecule has 8 N–H and O–H groups in total. The summed E-state index contributed by atoms with van der Waals surface area (Å²) in [4.78, 5) is 55.5. The molecular weight excluding hydrogens is 546 g/mol. The topological polar surface area (TPSA) is 206 Å². The molecule has 3 atom stereocenters. The minimum atomic E-state index is -2.80. The number of phenolic OH excluding ortho intramolecular Hbond substituents is 1. The van der Waals surface area contributed by atoms with Crippen LogP contribution in [-0.4, -0.2) is 105 Å². The van der Waals surface area contributed by atoms with E-state index < -0.39 is 69.3 Å². The van der Waals surface area contributed by atoms with Crippen molar-refractivity contribution in [2.75, 3.05) is 40.1 Å². The lowest BCUT2D eigenvalue weighted by Gasteiger charge is -2.58. The van der Waals surface area contributed by atoms with Gasteiger partial charge in [0.05, 0.1) is 17.8 Å². The number of fused-ring (bicyclic) bond motifs is 3. The molecule has 0 saturated carbocycles. The average molecular weight is 586 g/mol. The third-order valence-electron chi connectivity index (χ3n) is 8.56. The number of primary amides is 1. The second-order valence-electron chi connectivity index (χ2n) is 12.6. The minimum absolute atomic E-state index is 0.0226. The number of ketones is 2. The summed E-state index contributed by atoms with van der Waals surface area (Å²) in [5.41, 5.74) is -0.277. The standard InChI is InChI=1S/C29H39N5O8/c1-27(2,3)31-12-17(35)32-15-9-8-13-10-14-11-16-28(42,23(38)19(14)22(37)18(13)21(15)36)24(39)20(26(30)41)25(40)29(16,33(4)5)34(6)7/h8-9,14,16,31,36,38,40,42H,10-12H2,1-7H3,(H2,30,41)(H,32,35). The highest BCUT2D eigenvalue weighted by atomic mass is 16.3. The second-order valence-corrected chi connectivity index (χ2v) is 12.6. The summed E-state index contributed by atoms with van der Waals surface area (Å²) in [5.74, 6) is -8.03. The van der Waals surface area contributed by atoms with Crippen LogP contribution >= 0.6 is 0 Å². The van der Waals surface area contributed by atoms with Crippen molar-refractivity contribution in [3.05, 3.63) is 45.9 Å². The van der Waals surface area contributed by atoms with Crippen LogP contribution in [0.4, 0.5) is 5.69 Å².